The van der Waals surface area contributed by atoms with E-state index in [4.69, 9.17) is 9.84 Å². The minimum absolute atomic E-state index is 0.0677. The Hall–Kier alpha value is -3.89. The monoisotopic (exact) mass is 476 g/mol. The standard InChI is InChI=1S/C24H17BrN2O4/c25-20-5-3-6-21(13-20)27-23(28)19(14-26)12-18-4-1-2-7-22(18)31-15-16-8-10-17(11-9-16)24(29)30/h1-13H,15H2,(H,27,28)(H,29,30). The number of rotatable bonds is 7. The fourth-order valence-electron chi connectivity index (χ4n) is 2.70. The average Bonchev–Trinajstić information content (AvgIpc) is 2.77. The normalized spacial score (nSPS) is 10.8. The summed E-state index contributed by atoms with van der Waals surface area (Å²) in [6.07, 6.45) is 1.47. The second-order valence-electron chi connectivity index (χ2n) is 6.46. The predicted molar refractivity (Wildman–Crippen MR) is 121 cm³/mol. The lowest BCUT2D eigenvalue weighted by Gasteiger charge is -2.10. The highest BCUT2D eigenvalue weighted by Gasteiger charge is 2.12. The third-order valence-corrected chi connectivity index (χ3v) is 4.75. The first kappa shape index (κ1) is 21.8. The molecule has 0 saturated heterocycles. The molecule has 0 aliphatic rings. The van der Waals surface area contributed by atoms with E-state index in [-0.39, 0.29) is 17.7 Å². The van der Waals surface area contributed by atoms with Crippen LogP contribution in [0.5, 0.6) is 5.75 Å². The maximum Gasteiger partial charge on any atom is 0.335 e. The van der Waals surface area contributed by atoms with Crippen LogP contribution < -0.4 is 10.1 Å². The van der Waals surface area contributed by atoms with Crippen LogP contribution in [0.25, 0.3) is 6.08 Å². The van der Waals surface area contributed by atoms with Gasteiger partial charge in [-0.1, -0.05) is 52.3 Å². The number of nitrogens with one attached hydrogen (secondary N) is 1. The summed E-state index contributed by atoms with van der Waals surface area (Å²) >= 11 is 3.34. The Morgan fingerprint density at radius 2 is 1.81 bits per heavy atom. The molecule has 2 N–H and O–H groups in total. The number of halogens is 1. The number of nitriles is 1. The highest BCUT2D eigenvalue weighted by atomic mass is 79.9. The van der Waals surface area contributed by atoms with Gasteiger partial charge < -0.3 is 15.2 Å². The number of carboxylic acid groups (broad SMARTS) is 1. The van der Waals surface area contributed by atoms with Gasteiger partial charge in [-0.05, 0) is 48.0 Å². The fraction of sp³-hybridized carbons (Fsp3) is 0.0417. The Bertz CT molecular complexity index is 1180. The molecule has 0 spiro atoms. The molecule has 0 aromatic heterocycles. The smallest absolute Gasteiger partial charge is 0.335 e. The molecule has 3 aromatic rings. The molecule has 0 heterocycles. The largest absolute Gasteiger partial charge is 0.488 e. The Balaban J connectivity index is 1.76. The number of carboxylic acids is 1. The van der Waals surface area contributed by atoms with E-state index in [1.54, 1.807) is 54.6 Å². The molecular formula is C24H17BrN2O4. The maximum atomic E-state index is 12.5. The Kier molecular flexibility index (Phi) is 7.20. The van der Waals surface area contributed by atoms with Crippen LogP contribution in [-0.2, 0) is 11.4 Å². The van der Waals surface area contributed by atoms with Gasteiger partial charge in [-0.15, -0.1) is 0 Å². The Morgan fingerprint density at radius 3 is 2.48 bits per heavy atom. The van der Waals surface area contributed by atoms with E-state index in [1.807, 2.05) is 12.1 Å². The van der Waals surface area contributed by atoms with E-state index < -0.39 is 11.9 Å². The van der Waals surface area contributed by atoms with Crippen molar-refractivity contribution in [1.29, 1.82) is 5.26 Å². The zero-order valence-corrected chi connectivity index (χ0v) is 17.8. The first-order valence-corrected chi connectivity index (χ1v) is 9.98. The van der Waals surface area contributed by atoms with Crippen molar-refractivity contribution in [2.75, 3.05) is 5.32 Å². The summed E-state index contributed by atoms with van der Waals surface area (Å²) in [7, 11) is 0. The Labute approximate surface area is 187 Å². The van der Waals surface area contributed by atoms with Gasteiger partial charge in [0.25, 0.3) is 5.91 Å². The molecule has 1 amide bonds. The molecule has 0 bridgehead atoms. The van der Waals surface area contributed by atoms with E-state index in [0.717, 1.165) is 10.0 Å². The second kappa shape index (κ2) is 10.2. The summed E-state index contributed by atoms with van der Waals surface area (Å²) < 4.78 is 6.65. The first-order valence-electron chi connectivity index (χ1n) is 9.19. The van der Waals surface area contributed by atoms with Crippen LogP contribution >= 0.6 is 15.9 Å². The molecule has 0 unspecified atom stereocenters. The zero-order valence-electron chi connectivity index (χ0n) is 16.2. The third-order valence-electron chi connectivity index (χ3n) is 4.26. The lowest BCUT2D eigenvalue weighted by molar-refractivity contribution is -0.112. The van der Waals surface area contributed by atoms with Gasteiger partial charge in [-0.3, -0.25) is 4.79 Å². The summed E-state index contributed by atoms with van der Waals surface area (Å²) in [5.74, 6) is -1.03. The quantitative estimate of drug-likeness (QED) is 0.357. The molecule has 0 aliphatic heterocycles. The molecule has 0 atom stereocenters. The van der Waals surface area contributed by atoms with Crippen molar-refractivity contribution < 1.29 is 19.4 Å². The van der Waals surface area contributed by atoms with Crippen molar-refractivity contribution in [3.63, 3.8) is 0 Å². The maximum absolute atomic E-state index is 12.5. The number of carbonyl (C=O) groups excluding carboxylic acids is 1. The van der Waals surface area contributed by atoms with Gasteiger partial charge in [0, 0.05) is 15.7 Å². The van der Waals surface area contributed by atoms with Crippen LogP contribution in [-0.4, -0.2) is 17.0 Å². The van der Waals surface area contributed by atoms with Gasteiger partial charge in [0.05, 0.1) is 5.56 Å². The molecule has 0 fully saturated rings. The van der Waals surface area contributed by atoms with E-state index in [9.17, 15) is 14.9 Å². The summed E-state index contributed by atoms with van der Waals surface area (Å²) in [4.78, 5) is 23.5. The van der Waals surface area contributed by atoms with E-state index in [2.05, 4.69) is 21.2 Å². The number of hydrogen-bond acceptors (Lipinski definition) is 4. The summed E-state index contributed by atoms with van der Waals surface area (Å²) in [5, 5.41) is 21.2. The van der Waals surface area contributed by atoms with Crippen molar-refractivity contribution in [3.05, 3.63) is 99.5 Å². The van der Waals surface area contributed by atoms with Crippen molar-refractivity contribution in [3.8, 4) is 11.8 Å². The highest BCUT2D eigenvalue weighted by Crippen LogP contribution is 2.23. The number of ether oxygens (including phenoxy) is 1. The number of hydrogen-bond donors (Lipinski definition) is 2. The number of nitrogens with zero attached hydrogens (tertiary/aromatic N) is 1. The molecule has 3 aromatic carbocycles. The number of benzene rings is 3. The van der Waals surface area contributed by atoms with Gasteiger partial charge in [-0.25, -0.2) is 4.79 Å². The van der Waals surface area contributed by atoms with Crippen LogP contribution in [0.2, 0.25) is 0 Å². The van der Waals surface area contributed by atoms with Crippen LogP contribution in [0.1, 0.15) is 21.5 Å². The highest BCUT2D eigenvalue weighted by molar-refractivity contribution is 9.10. The molecule has 3 rings (SSSR count). The van der Waals surface area contributed by atoms with E-state index >= 15 is 0 Å². The van der Waals surface area contributed by atoms with Crippen LogP contribution in [0.3, 0.4) is 0 Å². The lowest BCUT2D eigenvalue weighted by Crippen LogP contribution is -2.13. The van der Waals surface area contributed by atoms with Crippen molar-refractivity contribution >= 4 is 39.6 Å². The number of anilines is 1. The molecular weight excluding hydrogens is 460 g/mol. The average molecular weight is 477 g/mol. The van der Waals surface area contributed by atoms with Gasteiger partial charge >= 0.3 is 5.97 Å². The summed E-state index contributed by atoms with van der Waals surface area (Å²) in [6, 6.07) is 22.4. The predicted octanol–water partition coefficient (Wildman–Crippen LogP) is 5.27. The van der Waals surface area contributed by atoms with Crippen LogP contribution in [0, 0.1) is 11.3 Å². The topological polar surface area (TPSA) is 99.4 Å². The van der Waals surface area contributed by atoms with E-state index in [0.29, 0.717) is 17.0 Å². The summed E-state index contributed by atoms with van der Waals surface area (Å²) in [6.45, 7) is 0.205. The van der Waals surface area contributed by atoms with Crippen LogP contribution in [0.4, 0.5) is 5.69 Å². The van der Waals surface area contributed by atoms with Gasteiger partial charge in [0.15, 0.2) is 0 Å². The Morgan fingerprint density at radius 1 is 1.06 bits per heavy atom. The van der Waals surface area contributed by atoms with Crippen molar-refractivity contribution in [2.24, 2.45) is 0 Å². The number of para-hydroxylation sites is 1. The van der Waals surface area contributed by atoms with Gasteiger partial charge in [-0.2, -0.15) is 5.26 Å². The van der Waals surface area contributed by atoms with E-state index in [1.165, 1.54) is 18.2 Å². The minimum Gasteiger partial charge on any atom is -0.488 e. The molecule has 6 nitrogen and oxygen atoms in total. The number of aromatic carboxylic acids is 1. The summed E-state index contributed by atoms with van der Waals surface area (Å²) in [5.41, 5.74) is 2.06. The number of carbonyl (C=O) groups is 2. The number of amides is 1. The molecule has 0 saturated carbocycles. The lowest BCUT2D eigenvalue weighted by atomic mass is 10.1. The first-order chi connectivity index (χ1) is 15.0. The second-order valence-corrected chi connectivity index (χ2v) is 7.38. The molecule has 0 radical (unpaired) electrons. The van der Waals surface area contributed by atoms with Gasteiger partial charge in [0.1, 0.15) is 24.0 Å². The fourth-order valence-corrected chi connectivity index (χ4v) is 3.10. The molecule has 0 aliphatic carbocycles. The van der Waals surface area contributed by atoms with Gasteiger partial charge in [0.2, 0.25) is 0 Å². The van der Waals surface area contributed by atoms with Crippen molar-refractivity contribution in [2.45, 2.75) is 6.61 Å². The molecule has 7 heteroatoms. The molecule has 31 heavy (non-hydrogen) atoms. The third kappa shape index (κ3) is 6.04. The minimum atomic E-state index is -0.992. The SMILES string of the molecule is N#CC(=Cc1ccccc1OCc1ccc(C(=O)O)cc1)C(=O)Nc1cccc(Br)c1. The van der Waals surface area contributed by atoms with Crippen molar-refractivity contribution in [1.82, 2.24) is 0 Å². The zero-order chi connectivity index (χ0) is 22.2. The van der Waals surface area contributed by atoms with Crippen LogP contribution in [0.15, 0.2) is 82.8 Å². The molecule has 154 valence electrons.